The molecule has 4 rings (SSSR count). The Morgan fingerprint density at radius 3 is 2.29 bits per heavy atom. The maximum atomic E-state index is 13.2. The molecule has 1 aromatic heterocycles. The van der Waals surface area contributed by atoms with Gasteiger partial charge in [-0.15, -0.1) is 0 Å². The molecule has 2 aromatic carbocycles. The van der Waals surface area contributed by atoms with E-state index in [0.29, 0.717) is 0 Å². The molecule has 2 amide bonds. The zero-order chi connectivity index (χ0) is 24.2. The van der Waals surface area contributed by atoms with Crippen molar-refractivity contribution in [3.05, 3.63) is 75.7 Å². The number of ether oxygens (including phenoxy) is 1. The highest BCUT2D eigenvalue weighted by molar-refractivity contribution is 5.99. The van der Waals surface area contributed by atoms with Crippen molar-refractivity contribution in [2.75, 3.05) is 14.2 Å². The lowest BCUT2D eigenvalue weighted by atomic mass is 9.95. The van der Waals surface area contributed by atoms with E-state index >= 15 is 0 Å². The summed E-state index contributed by atoms with van der Waals surface area (Å²) >= 11 is 0. The average molecular weight is 462 g/mol. The average Bonchev–Trinajstić information content (AvgIpc) is 2.88. The van der Waals surface area contributed by atoms with Gasteiger partial charge >= 0.3 is 0 Å². The molecule has 1 aliphatic rings. The second-order valence-electron chi connectivity index (χ2n) is 8.90. The summed E-state index contributed by atoms with van der Waals surface area (Å²) in [4.78, 5) is 38.7. The van der Waals surface area contributed by atoms with Crippen molar-refractivity contribution in [3.8, 4) is 5.75 Å². The molecule has 1 fully saturated rings. The topological polar surface area (TPSA) is 89.4 Å². The van der Waals surface area contributed by atoms with Crippen molar-refractivity contribution in [1.29, 1.82) is 0 Å². The molecule has 0 saturated heterocycles. The summed E-state index contributed by atoms with van der Waals surface area (Å²) in [7, 11) is 3.12. The fourth-order valence-corrected chi connectivity index (χ4v) is 4.64. The Morgan fingerprint density at radius 2 is 1.62 bits per heavy atom. The van der Waals surface area contributed by atoms with Crippen LogP contribution in [0, 0.1) is 0 Å². The summed E-state index contributed by atoms with van der Waals surface area (Å²) in [6.07, 6.45) is 8.51. The van der Waals surface area contributed by atoms with Crippen LogP contribution in [-0.4, -0.2) is 30.5 Å². The molecule has 7 nitrogen and oxygen atoms in total. The first kappa shape index (κ1) is 23.5. The smallest absolute Gasteiger partial charge is 0.257 e. The van der Waals surface area contributed by atoms with Gasteiger partial charge in [-0.2, -0.15) is 0 Å². The number of hydrogen-bond donors (Lipinski definition) is 2. The van der Waals surface area contributed by atoms with Crippen LogP contribution in [0.15, 0.2) is 53.6 Å². The second kappa shape index (κ2) is 10.1. The van der Waals surface area contributed by atoms with E-state index in [1.165, 1.54) is 13.5 Å². The first-order valence-electron chi connectivity index (χ1n) is 11.8. The normalized spacial score (nSPS) is 15.0. The molecule has 0 spiro atoms. The Morgan fingerprint density at radius 1 is 0.971 bits per heavy atom. The van der Waals surface area contributed by atoms with Crippen LogP contribution in [0.25, 0.3) is 10.8 Å². The van der Waals surface area contributed by atoms with E-state index in [4.69, 9.17) is 4.74 Å². The number of benzene rings is 2. The predicted octanol–water partition coefficient (Wildman–Crippen LogP) is 4.37. The maximum Gasteiger partial charge on any atom is 0.257 e. The Bertz CT molecular complexity index is 1270. The van der Waals surface area contributed by atoms with Gasteiger partial charge in [-0.1, -0.05) is 37.5 Å². The van der Waals surface area contributed by atoms with Gasteiger partial charge in [-0.3, -0.25) is 14.4 Å². The lowest BCUT2D eigenvalue weighted by molar-refractivity contribution is 0.0937. The minimum Gasteiger partial charge on any atom is -0.497 e. The molecule has 1 atom stereocenters. The third kappa shape index (κ3) is 4.83. The Kier molecular flexibility index (Phi) is 7.01. The van der Waals surface area contributed by atoms with Crippen LogP contribution < -0.4 is 20.8 Å². The largest absolute Gasteiger partial charge is 0.497 e. The van der Waals surface area contributed by atoms with E-state index in [-0.39, 0.29) is 23.2 Å². The van der Waals surface area contributed by atoms with E-state index < -0.39 is 17.2 Å². The molecule has 34 heavy (non-hydrogen) atoms. The highest BCUT2D eigenvalue weighted by atomic mass is 16.5. The van der Waals surface area contributed by atoms with Crippen LogP contribution in [-0.2, 0) is 0 Å². The minimum absolute atomic E-state index is 0.00645. The van der Waals surface area contributed by atoms with Gasteiger partial charge in [0.25, 0.3) is 11.8 Å². The maximum absolute atomic E-state index is 13.2. The number of methoxy groups -OCH3 is 1. The predicted molar refractivity (Wildman–Crippen MR) is 133 cm³/mol. The van der Waals surface area contributed by atoms with Crippen molar-refractivity contribution in [1.82, 2.24) is 15.2 Å². The van der Waals surface area contributed by atoms with Gasteiger partial charge in [-0.05, 0) is 54.3 Å². The van der Waals surface area contributed by atoms with Crippen LogP contribution in [0.2, 0.25) is 0 Å². The number of pyridine rings is 1. The van der Waals surface area contributed by atoms with Crippen LogP contribution >= 0.6 is 0 Å². The summed E-state index contributed by atoms with van der Waals surface area (Å²) in [6, 6.07) is 11.6. The highest BCUT2D eigenvalue weighted by Crippen LogP contribution is 2.28. The minimum atomic E-state index is -0.554. The summed E-state index contributed by atoms with van der Waals surface area (Å²) in [5.74, 6) is -0.184. The fourth-order valence-electron chi connectivity index (χ4n) is 4.64. The number of rotatable bonds is 6. The number of nitrogens with zero attached hydrogens (tertiary/aromatic N) is 1. The lowest BCUT2D eigenvalue weighted by Crippen LogP contribution is -2.36. The van der Waals surface area contributed by atoms with Crippen LogP contribution in [0.5, 0.6) is 5.75 Å². The van der Waals surface area contributed by atoms with Crippen molar-refractivity contribution in [2.24, 2.45) is 0 Å². The molecule has 0 bridgehead atoms. The summed E-state index contributed by atoms with van der Waals surface area (Å²) < 4.78 is 7.17. The zero-order valence-electron chi connectivity index (χ0n) is 19.9. The molecule has 0 radical (unpaired) electrons. The van der Waals surface area contributed by atoms with E-state index in [9.17, 15) is 14.4 Å². The van der Waals surface area contributed by atoms with E-state index in [1.807, 2.05) is 47.9 Å². The van der Waals surface area contributed by atoms with Crippen LogP contribution in [0.4, 0.5) is 0 Å². The standard InChI is InChI=1S/C27H31N3O4/c1-17(18-9-10-20-14-22(34-3)12-11-19(20)13-18)29-27(33)24-16-30(21-7-5-4-6-8-21)15-23(25(24)31)26(32)28-2/h9-17,21H,4-8H2,1-3H3,(H,28,32)(H,29,33)/t17-/m1/s1. The molecule has 1 saturated carbocycles. The zero-order valence-corrected chi connectivity index (χ0v) is 19.9. The summed E-state index contributed by atoms with van der Waals surface area (Å²) in [6.45, 7) is 1.88. The number of hydrogen-bond acceptors (Lipinski definition) is 4. The second-order valence-corrected chi connectivity index (χ2v) is 8.90. The van der Waals surface area contributed by atoms with Crippen molar-refractivity contribution < 1.29 is 14.3 Å². The quantitative estimate of drug-likeness (QED) is 0.571. The molecule has 7 heteroatoms. The van der Waals surface area contributed by atoms with E-state index in [1.54, 1.807) is 19.5 Å². The van der Waals surface area contributed by atoms with Gasteiger partial charge in [0.2, 0.25) is 5.43 Å². The first-order chi connectivity index (χ1) is 16.4. The number of nitrogens with one attached hydrogen (secondary N) is 2. The molecule has 0 aliphatic heterocycles. The number of aromatic nitrogens is 1. The number of carbonyl (C=O) groups excluding carboxylic acids is 2. The van der Waals surface area contributed by atoms with Gasteiger partial charge in [0.15, 0.2) is 0 Å². The molecule has 178 valence electrons. The van der Waals surface area contributed by atoms with Crippen LogP contribution in [0.3, 0.4) is 0 Å². The van der Waals surface area contributed by atoms with E-state index in [2.05, 4.69) is 10.6 Å². The summed E-state index contributed by atoms with van der Waals surface area (Å²) in [5, 5.41) is 7.53. The van der Waals surface area contributed by atoms with Gasteiger partial charge in [0.05, 0.1) is 13.2 Å². The highest BCUT2D eigenvalue weighted by Gasteiger charge is 2.23. The SMILES string of the molecule is CNC(=O)c1cn(C2CCCCC2)cc(C(=O)N[C@H](C)c2ccc3cc(OC)ccc3c2)c1=O. The molecule has 0 unspecified atom stereocenters. The monoisotopic (exact) mass is 461 g/mol. The van der Waals surface area contributed by atoms with Gasteiger partial charge in [0.1, 0.15) is 16.9 Å². The third-order valence-electron chi connectivity index (χ3n) is 6.68. The Labute approximate surface area is 199 Å². The molecule has 2 N–H and O–H groups in total. The fraction of sp³-hybridized carbons (Fsp3) is 0.370. The molecular weight excluding hydrogens is 430 g/mol. The van der Waals surface area contributed by atoms with Gasteiger partial charge in [0, 0.05) is 25.5 Å². The van der Waals surface area contributed by atoms with Crippen molar-refractivity contribution in [3.63, 3.8) is 0 Å². The van der Waals surface area contributed by atoms with E-state index in [0.717, 1.165) is 47.8 Å². The van der Waals surface area contributed by atoms with Crippen molar-refractivity contribution >= 4 is 22.6 Å². The molecule has 1 heterocycles. The van der Waals surface area contributed by atoms with Gasteiger partial charge in [-0.25, -0.2) is 0 Å². The molecule has 1 aliphatic carbocycles. The van der Waals surface area contributed by atoms with Crippen LogP contribution in [0.1, 0.15) is 77.4 Å². The Balaban J connectivity index is 1.63. The van der Waals surface area contributed by atoms with Crippen molar-refractivity contribution in [2.45, 2.75) is 51.1 Å². The third-order valence-corrected chi connectivity index (χ3v) is 6.68. The van der Waals surface area contributed by atoms with Gasteiger partial charge < -0.3 is 19.9 Å². The lowest BCUT2D eigenvalue weighted by Gasteiger charge is -2.25. The molecule has 3 aromatic rings. The number of carbonyl (C=O) groups is 2. The Hall–Kier alpha value is -3.61. The number of fused-ring (bicyclic) bond motifs is 1. The first-order valence-corrected chi connectivity index (χ1v) is 11.8. The summed E-state index contributed by atoms with van der Waals surface area (Å²) in [5.41, 5.74) is 0.347. The molecular formula is C27H31N3O4. The number of amides is 2.